The van der Waals surface area contributed by atoms with E-state index in [9.17, 15) is 4.79 Å². The van der Waals surface area contributed by atoms with E-state index in [1.54, 1.807) is 0 Å². The van der Waals surface area contributed by atoms with E-state index in [4.69, 9.17) is 5.11 Å². The van der Waals surface area contributed by atoms with Crippen molar-refractivity contribution in [2.75, 3.05) is 0 Å². The van der Waals surface area contributed by atoms with Crippen LogP contribution in [-0.4, -0.2) is 11.1 Å². The molecule has 0 heterocycles. The van der Waals surface area contributed by atoms with Gasteiger partial charge in [-0.25, -0.2) is 0 Å². The lowest BCUT2D eigenvalue weighted by Crippen LogP contribution is -2.19. The van der Waals surface area contributed by atoms with Gasteiger partial charge in [0.1, 0.15) is 0 Å². The summed E-state index contributed by atoms with van der Waals surface area (Å²) in [6.07, 6.45) is 0. The lowest BCUT2D eigenvalue weighted by atomic mass is 9.89. The van der Waals surface area contributed by atoms with Gasteiger partial charge < -0.3 is 5.11 Å². The molecular formula is C12H14O2. The number of hydrogen-bond donors (Lipinski definition) is 1. The summed E-state index contributed by atoms with van der Waals surface area (Å²) in [6, 6.07) is 8.04. The Hall–Kier alpha value is -1.31. The fourth-order valence-corrected chi connectivity index (χ4v) is 2.59. The SMILES string of the molecule is C[C@@H]1c2ccccc2[C@H](C)[C@@H]1C(=O)O. The van der Waals surface area contributed by atoms with E-state index in [2.05, 4.69) is 0 Å². The van der Waals surface area contributed by atoms with Gasteiger partial charge in [-0.05, 0) is 23.0 Å². The summed E-state index contributed by atoms with van der Waals surface area (Å²) >= 11 is 0. The van der Waals surface area contributed by atoms with E-state index >= 15 is 0 Å². The van der Waals surface area contributed by atoms with Crippen molar-refractivity contribution < 1.29 is 9.90 Å². The molecule has 74 valence electrons. The van der Waals surface area contributed by atoms with Crippen molar-refractivity contribution in [1.29, 1.82) is 0 Å². The Balaban J connectivity index is 2.48. The van der Waals surface area contributed by atoms with Gasteiger partial charge in [-0.2, -0.15) is 0 Å². The van der Waals surface area contributed by atoms with Crippen LogP contribution in [0.25, 0.3) is 0 Å². The normalized spacial score (nSPS) is 30.0. The molecule has 0 saturated carbocycles. The van der Waals surface area contributed by atoms with Gasteiger partial charge in [0.15, 0.2) is 0 Å². The quantitative estimate of drug-likeness (QED) is 0.739. The summed E-state index contributed by atoms with van der Waals surface area (Å²) in [5, 5.41) is 9.13. The molecule has 3 atom stereocenters. The Kier molecular flexibility index (Phi) is 2.06. The van der Waals surface area contributed by atoms with Crippen molar-refractivity contribution in [2.45, 2.75) is 25.7 Å². The maximum atomic E-state index is 11.1. The average molecular weight is 190 g/mol. The van der Waals surface area contributed by atoms with Gasteiger partial charge in [0.2, 0.25) is 0 Å². The first-order valence-corrected chi connectivity index (χ1v) is 4.94. The molecule has 1 aliphatic carbocycles. The van der Waals surface area contributed by atoms with Crippen LogP contribution >= 0.6 is 0 Å². The second-order valence-electron chi connectivity index (χ2n) is 4.07. The molecule has 2 heteroatoms. The summed E-state index contributed by atoms with van der Waals surface area (Å²) in [4.78, 5) is 11.1. The highest BCUT2D eigenvalue weighted by molar-refractivity contribution is 5.74. The molecule has 0 radical (unpaired) electrons. The van der Waals surface area contributed by atoms with Crippen LogP contribution in [0.4, 0.5) is 0 Å². The Morgan fingerprint density at radius 1 is 1.14 bits per heavy atom. The Morgan fingerprint density at radius 3 is 1.93 bits per heavy atom. The van der Waals surface area contributed by atoms with Crippen LogP contribution in [0.3, 0.4) is 0 Å². The van der Waals surface area contributed by atoms with E-state index in [1.807, 2.05) is 38.1 Å². The summed E-state index contributed by atoms with van der Waals surface area (Å²) < 4.78 is 0. The fourth-order valence-electron chi connectivity index (χ4n) is 2.59. The lowest BCUT2D eigenvalue weighted by molar-refractivity contribution is -0.142. The molecule has 0 fully saturated rings. The Bertz CT molecular complexity index is 341. The Morgan fingerprint density at radius 2 is 1.57 bits per heavy atom. The first-order valence-electron chi connectivity index (χ1n) is 4.94. The average Bonchev–Trinajstić information content (AvgIpc) is 2.41. The smallest absolute Gasteiger partial charge is 0.307 e. The molecule has 0 bridgehead atoms. The summed E-state index contributed by atoms with van der Waals surface area (Å²) in [5.41, 5.74) is 2.40. The zero-order valence-corrected chi connectivity index (χ0v) is 8.40. The van der Waals surface area contributed by atoms with Gasteiger partial charge >= 0.3 is 5.97 Å². The zero-order chi connectivity index (χ0) is 10.3. The molecule has 1 N–H and O–H groups in total. The number of carbonyl (C=O) groups is 1. The van der Waals surface area contributed by atoms with E-state index in [-0.39, 0.29) is 17.8 Å². The van der Waals surface area contributed by atoms with E-state index in [0.29, 0.717) is 0 Å². The molecule has 1 aliphatic rings. The predicted octanol–water partition coefficient (Wildman–Crippen LogP) is 2.61. The monoisotopic (exact) mass is 190 g/mol. The van der Waals surface area contributed by atoms with Gasteiger partial charge in [-0.1, -0.05) is 38.1 Å². The molecule has 2 nitrogen and oxygen atoms in total. The van der Waals surface area contributed by atoms with Crippen molar-refractivity contribution in [1.82, 2.24) is 0 Å². The van der Waals surface area contributed by atoms with Crippen LogP contribution in [0.2, 0.25) is 0 Å². The molecule has 0 spiro atoms. The molecule has 0 aromatic heterocycles. The Labute approximate surface area is 83.6 Å². The maximum Gasteiger partial charge on any atom is 0.307 e. The minimum absolute atomic E-state index is 0.138. The van der Waals surface area contributed by atoms with Crippen LogP contribution in [-0.2, 0) is 4.79 Å². The van der Waals surface area contributed by atoms with E-state index in [0.717, 1.165) is 0 Å². The van der Waals surface area contributed by atoms with Crippen molar-refractivity contribution >= 4 is 5.97 Å². The molecule has 14 heavy (non-hydrogen) atoms. The fraction of sp³-hybridized carbons (Fsp3) is 0.417. The van der Waals surface area contributed by atoms with Gasteiger partial charge in [0, 0.05) is 0 Å². The van der Waals surface area contributed by atoms with Crippen molar-refractivity contribution in [3.8, 4) is 0 Å². The summed E-state index contributed by atoms with van der Waals surface area (Å²) in [6.45, 7) is 4.00. The second-order valence-corrected chi connectivity index (χ2v) is 4.07. The number of fused-ring (bicyclic) bond motifs is 1. The van der Waals surface area contributed by atoms with Gasteiger partial charge in [0.05, 0.1) is 5.92 Å². The van der Waals surface area contributed by atoms with Gasteiger partial charge in [-0.15, -0.1) is 0 Å². The molecule has 0 amide bonds. The number of carboxylic acid groups (broad SMARTS) is 1. The standard InChI is InChI=1S/C12H14O2/c1-7-9-5-3-4-6-10(9)8(2)11(7)12(13)14/h3-8,11H,1-2H3,(H,13,14)/t7-,8+,11-. The largest absolute Gasteiger partial charge is 0.481 e. The first-order chi connectivity index (χ1) is 6.63. The third-order valence-corrected chi connectivity index (χ3v) is 3.34. The van der Waals surface area contributed by atoms with Crippen molar-refractivity contribution in [2.24, 2.45) is 5.92 Å². The number of hydrogen-bond acceptors (Lipinski definition) is 1. The van der Waals surface area contributed by atoms with Crippen molar-refractivity contribution in [3.05, 3.63) is 35.4 Å². The lowest BCUT2D eigenvalue weighted by Gasteiger charge is -2.14. The van der Waals surface area contributed by atoms with Gasteiger partial charge in [-0.3, -0.25) is 4.79 Å². The number of carboxylic acids is 1. The maximum absolute atomic E-state index is 11.1. The molecule has 1 aromatic rings. The molecule has 0 saturated heterocycles. The molecule has 2 rings (SSSR count). The van der Waals surface area contributed by atoms with Gasteiger partial charge in [0.25, 0.3) is 0 Å². The van der Waals surface area contributed by atoms with Crippen LogP contribution in [0.1, 0.15) is 36.8 Å². The topological polar surface area (TPSA) is 37.3 Å². The summed E-state index contributed by atoms with van der Waals surface area (Å²) in [7, 11) is 0. The predicted molar refractivity (Wildman–Crippen MR) is 54.4 cm³/mol. The molecule has 1 aromatic carbocycles. The minimum atomic E-state index is -0.679. The number of aliphatic carboxylic acids is 1. The van der Waals surface area contributed by atoms with Crippen LogP contribution in [0.5, 0.6) is 0 Å². The molecule has 0 aliphatic heterocycles. The zero-order valence-electron chi connectivity index (χ0n) is 8.40. The number of rotatable bonds is 1. The second kappa shape index (κ2) is 3.12. The van der Waals surface area contributed by atoms with E-state index in [1.165, 1.54) is 11.1 Å². The van der Waals surface area contributed by atoms with Crippen molar-refractivity contribution in [3.63, 3.8) is 0 Å². The third kappa shape index (κ3) is 1.14. The highest BCUT2D eigenvalue weighted by atomic mass is 16.4. The minimum Gasteiger partial charge on any atom is -0.481 e. The highest BCUT2D eigenvalue weighted by Crippen LogP contribution is 2.45. The number of benzene rings is 1. The van der Waals surface area contributed by atoms with E-state index < -0.39 is 5.97 Å². The highest BCUT2D eigenvalue weighted by Gasteiger charge is 2.39. The van der Waals surface area contributed by atoms with Crippen LogP contribution < -0.4 is 0 Å². The molecule has 0 unspecified atom stereocenters. The molecular weight excluding hydrogens is 176 g/mol. The summed E-state index contributed by atoms with van der Waals surface area (Å²) in [5.74, 6) is -0.661. The van der Waals surface area contributed by atoms with Crippen LogP contribution in [0.15, 0.2) is 24.3 Å². The third-order valence-electron chi connectivity index (χ3n) is 3.34. The van der Waals surface area contributed by atoms with Crippen LogP contribution in [0, 0.1) is 5.92 Å². The first kappa shape index (κ1) is 9.25.